The van der Waals surface area contributed by atoms with E-state index < -0.39 is 0 Å². The highest BCUT2D eigenvalue weighted by atomic mass is 14.8. The van der Waals surface area contributed by atoms with Gasteiger partial charge in [-0.15, -0.1) is 0 Å². The van der Waals surface area contributed by atoms with E-state index in [0.29, 0.717) is 0 Å². The van der Waals surface area contributed by atoms with Gasteiger partial charge in [0.15, 0.2) is 0 Å². The van der Waals surface area contributed by atoms with Gasteiger partial charge in [0, 0.05) is 5.71 Å². The van der Waals surface area contributed by atoms with Gasteiger partial charge < -0.3 is 0 Å². The summed E-state index contributed by atoms with van der Waals surface area (Å²) >= 11 is 0. The lowest BCUT2D eigenvalue weighted by atomic mass is 9.98. The first kappa shape index (κ1) is 14.5. The van der Waals surface area contributed by atoms with Gasteiger partial charge in [-0.1, -0.05) is 80.9 Å². The zero-order valence-electron chi connectivity index (χ0n) is 12.4. The molecule has 1 nitrogen and oxygen atoms in total. The lowest BCUT2D eigenvalue weighted by Gasteiger charge is -2.16. The van der Waals surface area contributed by atoms with Crippen molar-refractivity contribution in [1.82, 2.24) is 0 Å². The Hall–Kier alpha value is -1.89. The molecule has 0 bridgehead atoms. The third-order valence-electron chi connectivity index (χ3n) is 3.49. The summed E-state index contributed by atoms with van der Waals surface area (Å²) in [6, 6.07) is 21.3. The first-order valence-corrected chi connectivity index (χ1v) is 7.50. The van der Waals surface area contributed by atoms with Crippen LogP contribution in [-0.2, 0) is 0 Å². The van der Waals surface area contributed by atoms with E-state index in [4.69, 9.17) is 4.99 Å². The van der Waals surface area contributed by atoms with Crippen LogP contribution in [0.25, 0.3) is 0 Å². The second-order valence-corrected chi connectivity index (χ2v) is 5.02. The minimum absolute atomic E-state index is 0.124. The molecule has 0 saturated carbocycles. The van der Waals surface area contributed by atoms with Crippen molar-refractivity contribution in [2.24, 2.45) is 4.99 Å². The van der Waals surface area contributed by atoms with Crippen LogP contribution in [0.3, 0.4) is 0 Å². The number of benzene rings is 2. The van der Waals surface area contributed by atoms with Crippen LogP contribution in [0.1, 0.15) is 50.3 Å². The van der Waals surface area contributed by atoms with Crippen LogP contribution in [0.4, 0.5) is 0 Å². The third-order valence-corrected chi connectivity index (χ3v) is 3.49. The van der Waals surface area contributed by atoms with Crippen LogP contribution in [0.2, 0.25) is 0 Å². The van der Waals surface area contributed by atoms with Crippen molar-refractivity contribution in [2.45, 2.75) is 39.2 Å². The Morgan fingerprint density at radius 1 is 0.850 bits per heavy atom. The van der Waals surface area contributed by atoms with E-state index in [1.165, 1.54) is 16.8 Å². The lowest BCUT2D eigenvalue weighted by Crippen LogP contribution is -2.04. The molecule has 0 aliphatic rings. The molecule has 0 fully saturated rings. The molecule has 0 heterocycles. The van der Waals surface area contributed by atoms with Gasteiger partial charge in [0.25, 0.3) is 0 Å². The van der Waals surface area contributed by atoms with E-state index in [9.17, 15) is 0 Å². The number of nitrogens with zero attached hydrogens (tertiary/aromatic N) is 1. The molecule has 0 unspecified atom stereocenters. The summed E-state index contributed by atoms with van der Waals surface area (Å²) in [5, 5.41) is 0. The van der Waals surface area contributed by atoms with Crippen molar-refractivity contribution in [1.29, 1.82) is 0 Å². The molecular weight excluding hydrogens is 242 g/mol. The predicted octanol–water partition coefficient (Wildman–Crippen LogP) is 5.43. The van der Waals surface area contributed by atoms with Crippen molar-refractivity contribution in [3.63, 3.8) is 0 Å². The van der Waals surface area contributed by atoms with Crippen LogP contribution >= 0.6 is 0 Å². The highest BCUT2D eigenvalue weighted by Crippen LogP contribution is 2.26. The zero-order valence-corrected chi connectivity index (χ0v) is 12.4. The molecule has 0 saturated heterocycles. The van der Waals surface area contributed by atoms with Crippen LogP contribution < -0.4 is 0 Å². The second kappa shape index (κ2) is 7.64. The maximum atomic E-state index is 5.04. The number of rotatable bonds is 6. The van der Waals surface area contributed by atoms with Crippen molar-refractivity contribution < 1.29 is 0 Å². The van der Waals surface area contributed by atoms with Gasteiger partial charge in [0.1, 0.15) is 0 Å². The van der Waals surface area contributed by atoms with E-state index >= 15 is 0 Å². The number of aliphatic imine (C=N–C) groups is 1. The maximum Gasteiger partial charge on any atom is 0.0998 e. The molecular formula is C19H23N. The highest BCUT2D eigenvalue weighted by Gasteiger charge is 2.12. The maximum absolute atomic E-state index is 5.04. The van der Waals surface area contributed by atoms with Crippen molar-refractivity contribution >= 4 is 5.71 Å². The highest BCUT2D eigenvalue weighted by molar-refractivity contribution is 5.84. The third kappa shape index (κ3) is 3.80. The van der Waals surface area contributed by atoms with Crippen molar-refractivity contribution in [3.05, 3.63) is 71.8 Å². The fourth-order valence-electron chi connectivity index (χ4n) is 2.42. The molecule has 0 atom stereocenters. The predicted molar refractivity (Wildman–Crippen MR) is 87.4 cm³/mol. The van der Waals surface area contributed by atoms with Crippen LogP contribution in [-0.4, -0.2) is 5.71 Å². The monoisotopic (exact) mass is 265 g/mol. The van der Waals surface area contributed by atoms with Gasteiger partial charge in [-0.25, -0.2) is 0 Å². The smallest absolute Gasteiger partial charge is 0.0998 e. The average molecular weight is 265 g/mol. The van der Waals surface area contributed by atoms with Crippen LogP contribution in [0.5, 0.6) is 0 Å². The van der Waals surface area contributed by atoms with E-state index in [1.807, 2.05) is 0 Å². The molecule has 2 aromatic carbocycles. The van der Waals surface area contributed by atoms with Crippen molar-refractivity contribution in [2.75, 3.05) is 0 Å². The molecule has 0 radical (unpaired) electrons. The molecule has 0 aliphatic heterocycles. The molecule has 0 amide bonds. The Morgan fingerprint density at radius 3 is 1.75 bits per heavy atom. The summed E-state index contributed by atoms with van der Waals surface area (Å²) in [6.45, 7) is 4.41. The van der Waals surface area contributed by atoms with Gasteiger partial charge in [0.05, 0.1) is 6.04 Å². The van der Waals surface area contributed by atoms with E-state index in [1.54, 1.807) is 0 Å². The Balaban J connectivity index is 2.40. The molecule has 1 heteroatoms. The summed E-state index contributed by atoms with van der Waals surface area (Å²) in [4.78, 5) is 5.04. The quantitative estimate of drug-likeness (QED) is 0.618. The zero-order chi connectivity index (χ0) is 14.2. The largest absolute Gasteiger partial charge is 0.281 e. The molecule has 0 aliphatic carbocycles. The van der Waals surface area contributed by atoms with E-state index in [0.717, 1.165) is 19.3 Å². The normalized spacial score (nSPS) is 11.8. The molecule has 2 rings (SSSR count). The van der Waals surface area contributed by atoms with Gasteiger partial charge in [0.2, 0.25) is 0 Å². The Morgan fingerprint density at radius 2 is 1.35 bits per heavy atom. The Labute approximate surface area is 122 Å². The fraction of sp³-hybridized carbons (Fsp3) is 0.316. The minimum Gasteiger partial charge on any atom is -0.281 e. The molecule has 0 N–H and O–H groups in total. The summed E-state index contributed by atoms with van der Waals surface area (Å²) < 4.78 is 0. The SMILES string of the molecule is CCCC(CC)=NC(c1ccccc1)c1ccccc1. The average Bonchev–Trinajstić information content (AvgIpc) is 2.53. The van der Waals surface area contributed by atoms with Gasteiger partial charge in [-0.05, 0) is 24.0 Å². The van der Waals surface area contributed by atoms with Crippen molar-refractivity contribution in [3.8, 4) is 0 Å². The van der Waals surface area contributed by atoms with Crippen LogP contribution in [0.15, 0.2) is 65.7 Å². The standard InChI is InChI=1S/C19H23N/c1-3-11-18(4-2)20-19(16-12-7-5-8-13-16)17-14-9-6-10-15-17/h5-10,12-15,19H,3-4,11H2,1-2H3. The fourth-order valence-corrected chi connectivity index (χ4v) is 2.42. The van der Waals surface area contributed by atoms with Gasteiger partial charge in [-0.2, -0.15) is 0 Å². The molecule has 104 valence electrons. The van der Waals surface area contributed by atoms with Crippen LogP contribution in [0, 0.1) is 0 Å². The lowest BCUT2D eigenvalue weighted by molar-refractivity contribution is 0.844. The van der Waals surface area contributed by atoms with E-state index in [2.05, 4.69) is 74.5 Å². The Kier molecular flexibility index (Phi) is 5.55. The first-order valence-electron chi connectivity index (χ1n) is 7.50. The van der Waals surface area contributed by atoms with Gasteiger partial charge in [-0.3, -0.25) is 4.99 Å². The summed E-state index contributed by atoms with van der Waals surface area (Å²) in [6.07, 6.45) is 3.28. The summed E-state index contributed by atoms with van der Waals surface area (Å²) in [5.74, 6) is 0. The minimum atomic E-state index is 0.124. The van der Waals surface area contributed by atoms with E-state index in [-0.39, 0.29) is 6.04 Å². The molecule has 0 spiro atoms. The summed E-state index contributed by atoms with van der Waals surface area (Å²) in [7, 11) is 0. The second-order valence-electron chi connectivity index (χ2n) is 5.02. The number of hydrogen-bond donors (Lipinski definition) is 0. The summed E-state index contributed by atoms with van der Waals surface area (Å²) in [5.41, 5.74) is 3.84. The molecule has 0 aromatic heterocycles. The Bertz CT molecular complexity index is 489. The number of hydrogen-bond acceptors (Lipinski definition) is 1. The van der Waals surface area contributed by atoms with Gasteiger partial charge >= 0.3 is 0 Å². The molecule has 2 aromatic rings. The topological polar surface area (TPSA) is 12.4 Å². The first-order chi connectivity index (χ1) is 9.85. The molecule has 20 heavy (non-hydrogen) atoms.